The van der Waals surface area contributed by atoms with E-state index in [1.165, 1.54) is 11.9 Å². The Morgan fingerprint density at radius 1 is 1.35 bits per heavy atom. The van der Waals surface area contributed by atoms with E-state index in [1.807, 2.05) is 0 Å². The lowest BCUT2D eigenvalue weighted by atomic mass is 9.97. The highest BCUT2D eigenvalue weighted by atomic mass is 35.5. The van der Waals surface area contributed by atoms with Gasteiger partial charge in [-0.2, -0.15) is 0 Å². The Hall–Kier alpha value is -2.28. The predicted octanol–water partition coefficient (Wildman–Crippen LogP) is 1.17. The van der Waals surface area contributed by atoms with Crippen LogP contribution in [0.25, 0.3) is 0 Å². The molecule has 1 N–H and O–H groups in total. The summed E-state index contributed by atoms with van der Waals surface area (Å²) in [5.41, 5.74) is 0.839. The Morgan fingerprint density at radius 3 is 2.85 bits per heavy atom. The number of carbonyl (C=O) groups excluding carboxylic acids is 3. The van der Waals surface area contributed by atoms with E-state index >= 15 is 0 Å². The van der Waals surface area contributed by atoms with E-state index in [-0.39, 0.29) is 25.1 Å². The summed E-state index contributed by atoms with van der Waals surface area (Å²) >= 11 is 5.96. The number of esters is 1. The lowest BCUT2D eigenvalue weighted by Gasteiger charge is -2.24. The molecular weight excluding hydrogens is 360 g/mol. The number of benzene rings is 1. The number of ether oxygens (including phenoxy) is 2. The first-order valence-electron chi connectivity index (χ1n) is 8.53. The third-order valence-corrected chi connectivity index (χ3v) is 4.58. The third-order valence-electron chi connectivity index (χ3n) is 4.35. The summed E-state index contributed by atoms with van der Waals surface area (Å²) in [5, 5.41) is 3.37. The molecule has 1 aliphatic heterocycles. The van der Waals surface area contributed by atoms with Gasteiger partial charge in [0, 0.05) is 18.1 Å². The van der Waals surface area contributed by atoms with Crippen LogP contribution in [0.3, 0.4) is 0 Å². The zero-order chi connectivity index (χ0) is 18.7. The van der Waals surface area contributed by atoms with E-state index in [9.17, 15) is 14.4 Å². The number of fused-ring (bicyclic) bond motifs is 1. The fourth-order valence-electron chi connectivity index (χ4n) is 2.68. The van der Waals surface area contributed by atoms with Gasteiger partial charge in [-0.1, -0.05) is 11.6 Å². The second-order valence-corrected chi connectivity index (χ2v) is 7.10. The van der Waals surface area contributed by atoms with Crippen LogP contribution in [0.5, 0.6) is 5.75 Å². The van der Waals surface area contributed by atoms with E-state index in [4.69, 9.17) is 21.1 Å². The first kappa shape index (κ1) is 18.5. The number of nitrogens with zero attached hydrogens (tertiary/aromatic N) is 1. The fourth-order valence-corrected chi connectivity index (χ4v) is 2.87. The molecule has 1 atom stereocenters. The van der Waals surface area contributed by atoms with Gasteiger partial charge in [0.1, 0.15) is 12.4 Å². The summed E-state index contributed by atoms with van der Waals surface area (Å²) in [6.07, 6.45) is 2.42. The molecule has 0 saturated heterocycles. The van der Waals surface area contributed by atoms with Crippen LogP contribution in [-0.2, 0) is 25.5 Å². The van der Waals surface area contributed by atoms with Crippen molar-refractivity contribution in [2.75, 3.05) is 26.8 Å². The van der Waals surface area contributed by atoms with Gasteiger partial charge in [-0.3, -0.25) is 14.4 Å². The molecule has 0 bridgehead atoms. The SMILES string of the molecule is CN(CC(=O)NC1CC1)C(=O)COC(=O)[C@@H]1COc2ccc(Cl)cc2C1. The molecule has 1 saturated carbocycles. The number of nitrogens with one attached hydrogen (secondary N) is 1. The van der Waals surface area contributed by atoms with E-state index in [0.29, 0.717) is 17.2 Å². The first-order chi connectivity index (χ1) is 12.4. The van der Waals surface area contributed by atoms with Crippen LogP contribution in [0.2, 0.25) is 5.02 Å². The topological polar surface area (TPSA) is 84.9 Å². The van der Waals surface area contributed by atoms with Crippen LogP contribution >= 0.6 is 11.6 Å². The number of rotatable bonds is 6. The summed E-state index contributed by atoms with van der Waals surface area (Å²) in [5.74, 6) is -0.915. The van der Waals surface area contributed by atoms with Crippen LogP contribution in [0.15, 0.2) is 18.2 Å². The molecule has 1 fully saturated rings. The molecule has 2 amide bonds. The van der Waals surface area contributed by atoms with Gasteiger partial charge in [0.25, 0.3) is 5.91 Å². The lowest BCUT2D eigenvalue weighted by Crippen LogP contribution is -2.41. The van der Waals surface area contributed by atoms with Crippen LogP contribution in [0.1, 0.15) is 18.4 Å². The summed E-state index contributed by atoms with van der Waals surface area (Å²) < 4.78 is 10.7. The molecule has 0 unspecified atom stereocenters. The van der Waals surface area contributed by atoms with Crippen molar-refractivity contribution in [1.29, 1.82) is 0 Å². The molecule has 8 heteroatoms. The van der Waals surface area contributed by atoms with Gasteiger partial charge < -0.3 is 19.7 Å². The lowest BCUT2D eigenvalue weighted by molar-refractivity contribution is -0.156. The summed E-state index contributed by atoms with van der Waals surface area (Å²) in [6, 6.07) is 5.50. The minimum absolute atomic E-state index is 0.0503. The normalized spacial score (nSPS) is 18.3. The number of hydrogen-bond acceptors (Lipinski definition) is 5. The number of halogens is 1. The van der Waals surface area contributed by atoms with Gasteiger partial charge in [-0.15, -0.1) is 0 Å². The fraction of sp³-hybridized carbons (Fsp3) is 0.500. The van der Waals surface area contributed by atoms with Crippen LogP contribution in [0.4, 0.5) is 0 Å². The Morgan fingerprint density at radius 2 is 2.12 bits per heavy atom. The number of likely N-dealkylation sites (N-methyl/N-ethyl adjacent to an activating group) is 1. The highest BCUT2D eigenvalue weighted by Crippen LogP contribution is 2.30. The van der Waals surface area contributed by atoms with Crippen molar-refractivity contribution >= 4 is 29.4 Å². The van der Waals surface area contributed by atoms with E-state index < -0.39 is 24.4 Å². The summed E-state index contributed by atoms with van der Waals surface area (Å²) in [7, 11) is 1.50. The Labute approximate surface area is 156 Å². The van der Waals surface area contributed by atoms with Crippen molar-refractivity contribution in [2.45, 2.75) is 25.3 Å². The average molecular weight is 381 g/mol. The third kappa shape index (κ3) is 4.88. The zero-order valence-corrected chi connectivity index (χ0v) is 15.3. The molecular formula is C18H21ClN2O5. The van der Waals surface area contributed by atoms with Gasteiger partial charge in [-0.25, -0.2) is 0 Å². The van der Waals surface area contributed by atoms with Crippen molar-refractivity contribution in [3.05, 3.63) is 28.8 Å². The molecule has 1 aromatic carbocycles. The average Bonchev–Trinajstić information content (AvgIpc) is 3.42. The van der Waals surface area contributed by atoms with Gasteiger partial charge in [0.15, 0.2) is 6.61 Å². The van der Waals surface area contributed by atoms with Crippen LogP contribution in [-0.4, -0.2) is 55.5 Å². The molecule has 0 radical (unpaired) electrons. The van der Waals surface area contributed by atoms with Gasteiger partial charge in [0.2, 0.25) is 5.91 Å². The van der Waals surface area contributed by atoms with Crippen molar-refractivity contribution in [3.8, 4) is 5.75 Å². The second kappa shape index (κ2) is 7.95. The van der Waals surface area contributed by atoms with Crippen molar-refractivity contribution in [3.63, 3.8) is 0 Å². The smallest absolute Gasteiger partial charge is 0.313 e. The predicted molar refractivity (Wildman–Crippen MR) is 93.9 cm³/mol. The quantitative estimate of drug-likeness (QED) is 0.749. The molecule has 0 aromatic heterocycles. The molecule has 1 aliphatic carbocycles. The van der Waals surface area contributed by atoms with Gasteiger partial charge in [0.05, 0.1) is 12.5 Å². The largest absolute Gasteiger partial charge is 0.492 e. The maximum atomic E-state index is 12.2. The molecule has 1 aromatic rings. The van der Waals surface area contributed by atoms with E-state index in [1.54, 1.807) is 18.2 Å². The molecule has 2 aliphatic rings. The molecule has 0 spiro atoms. The molecule has 7 nitrogen and oxygen atoms in total. The number of amides is 2. The highest BCUT2D eigenvalue weighted by Gasteiger charge is 2.29. The summed E-state index contributed by atoms with van der Waals surface area (Å²) in [4.78, 5) is 37.2. The number of hydrogen-bond donors (Lipinski definition) is 1. The summed E-state index contributed by atoms with van der Waals surface area (Å²) in [6.45, 7) is -0.252. The monoisotopic (exact) mass is 380 g/mol. The number of carbonyl (C=O) groups is 3. The molecule has 140 valence electrons. The standard InChI is InChI=1S/C18H21ClN2O5/c1-21(8-16(22)20-14-3-4-14)17(23)10-26-18(24)12-6-11-7-13(19)2-5-15(11)25-9-12/h2,5,7,12,14H,3-4,6,8-10H2,1H3,(H,20,22)/t12-/m0/s1. The van der Waals surface area contributed by atoms with E-state index in [0.717, 1.165) is 18.4 Å². The molecule has 1 heterocycles. The van der Waals surface area contributed by atoms with Crippen molar-refractivity contribution < 1.29 is 23.9 Å². The van der Waals surface area contributed by atoms with E-state index in [2.05, 4.69) is 5.32 Å². The Kier molecular flexibility index (Phi) is 5.66. The second-order valence-electron chi connectivity index (χ2n) is 6.66. The Bertz CT molecular complexity index is 720. The van der Waals surface area contributed by atoms with Gasteiger partial charge in [-0.05, 0) is 43.0 Å². The first-order valence-corrected chi connectivity index (χ1v) is 8.91. The van der Waals surface area contributed by atoms with Crippen molar-refractivity contribution in [2.24, 2.45) is 5.92 Å². The molecule has 3 rings (SSSR count). The minimum Gasteiger partial charge on any atom is -0.492 e. The highest BCUT2D eigenvalue weighted by molar-refractivity contribution is 6.30. The molecule has 26 heavy (non-hydrogen) atoms. The van der Waals surface area contributed by atoms with Crippen LogP contribution < -0.4 is 10.1 Å². The van der Waals surface area contributed by atoms with Crippen molar-refractivity contribution in [1.82, 2.24) is 10.2 Å². The van der Waals surface area contributed by atoms with Crippen LogP contribution in [0, 0.1) is 5.92 Å². The maximum Gasteiger partial charge on any atom is 0.313 e. The zero-order valence-electron chi connectivity index (χ0n) is 14.5. The Balaban J connectivity index is 1.44. The van der Waals surface area contributed by atoms with Gasteiger partial charge >= 0.3 is 5.97 Å². The maximum absolute atomic E-state index is 12.2. The minimum atomic E-state index is -0.500.